The summed E-state index contributed by atoms with van der Waals surface area (Å²) in [6.07, 6.45) is 5.15. The molecule has 0 saturated carbocycles. The van der Waals surface area contributed by atoms with Crippen LogP contribution in [0.1, 0.15) is 31.7 Å². The minimum atomic E-state index is 0.133. The molecule has 0 saturated heterocycles. The van der Waals surface area contributed by atoms with Crippen LogP contribution >= 0.6 is 23.8 Å². The number of nitrogens with zero attached hydrogens (tertiary/aromatic N) is 2. The van der Waals surface area contributed by atoms with E-state index in [4.69, 9.17) is 29.6 Å². The number of para-hydroxylation sites is 1. The molecule has 0 radical (unpaired) electrons. The molecule has 1 aromatic carbocycles. The molecule has 112 valence electrons. The molecule has 3 N–H and O–H groups in total. The van der Waals surface area contributed by atoms with Crippen LogP contribution in [0.4, 0.5) is 0 Å². The van der Waals surface area contributed by atoms with Gasteiger partial charge in [-0.1, -0.05) is 49.6 Å². The molecule has 0 fully saturated rings. The third-order valence-corrected chi connectivity index (χ3v) is 3.80. The number of hydrogen-bond acceptors (Lipinski definition) is 2. The van der Waals surface area contributed by atoms with Gasteiger partial charge in [0.15, 0.2) is 5.11 Å². The maximum Gasteiger partial charge on any atom is 0.184 e. The van der Waals surface area contributed by atoms with Gasteiger partial charge in [-0.3, -0.25) is 5.43 Å². The molecule has 1 heterocycles. The largest absolute Gasteiger partial charge is 0.375 e. The van der Waals surface area contributed by atoms with Gasteiger partial charge in [-0.15, -0.1) is 0 Å². The summed E-state index contributed by atoms with van der Waals surface area (Å²) in [4.78, 5) is 0. The number of nitrogens with two attached hydrogens (primary N) is 1. The van der Waals surface area contributed by atoms with E-state index in [1.807, 2.05) is 18.2 Å². The fraction of sp³-hybridized carbons (Fsp3) is 0.333. The summed E-state index contributed by atoms with van der Waals surface area (Å²) in [5, 5.41) is 5.93. The molecule has 0 bridgehead atoms. The van der Waals surface area contributed by atoms with Gasteiger partial charge in [0.05, 0.1) is 6.21 Å². The average Bonchev–Trinajstić information content (AvgIpc) is 2.73. The summed E-state index contributed by atoms with van der Waals surface area (Å²) in [6, 6.07) is 8.13. The van der Waals surface area contributed by atoms with Crippen molar-refractivity contribution in [3.8, 4) is 0 Å². The Hall–Kier alpha value is -1.59. The number of rotatable bonds is 6. The van der Waals surface area contributed by atoms with Crippen LogP contribution in [-0.2, 0) is 6.54 Å². The Morgan fingerprint density at radius 1 is 1.43 bits per heavy atom. The van der Waals surface area contributed by atoms with Crippen LogP contribution < -0.4 is 11.2 Å². The second-order valence-electron chi connectivity index (χ2n) is 4.81. The number of hydrogen-bond donors (Lipinski definition) is 2. The lowest BCUT2D eigenvalue weighted by atomic mass is 10.2. The third kappa shape index (κ3) is 3.74. The lowest BCUT2D eigenvalue weighted by Crippen LogP contribution is -2.24. The molecule has 0 aliphatic rings. The van der Waals surface area contributed by atoms with Gasteiger partial charge < -0.3 is 10.3 Å². The van der Waals surface area contributed by atoms with Crippen LogP contribution in [0.2, 0.25) is 5.15 Å². The number of fused-ring (bicyclic) bond motifs is 1. The first-order valence-electron chi connectivity index (χ1n) is 7.00. The molecule has 0 unspecified atom stereocenters. The summed E-state index contributed by atoms with van der Waals surface area (Å²) in [5.41, 5.74) is 9.92. The summed E-state index contributed by atoms with van der Waals surface area (Å²) in [5.74, 6) is 0. The number of unbranched alkanes of at least 4 members (excludes halogenated alkanes) is 2. The van der Waals surface area contributed by atoms with E-state index in [1.165, 1.54) is 12.8 Å². The Morgan fingerprint density at radius 3 is 2.90 bits per heavy atom. The monoisotopic (exact) mass is 322 g/mol. The van der Waals surface area contributed by atoms with Gasteiger partial charge in [-0.25, -0.2) is 0 Å². The molecule has 0 aliphatic carbocycles. The fourth-order valence-electron chi connectivity index (χ4n) is 2.32. The minimum absolute atomic E-state index is 0.133. The molecule has 2 rings (SSSR count). The van der Waals surface area contributed by atoms with Crippen LogP contribution in [-0.4, -0.2) is 15.9 Å². The maximum atomic E-state index is 6.53. The highest BCUT2D eigenvalue weighted by Crippen LogP contribution is 2.29. The minimum Gasteiger partial charge on any atom is -0.375 e. The zero-order valence-corrected chi connectivity index (χ0v) is 13.5. The van der Waals surface area contributed by atoms with Crippen LogP contribution in [0.5, 0.6) is 0 Å². The standard InChI is InChI=1S/C15H19ClN4S/c1-2-3-6-9-20-13-8-5-4-7-11(13)12(14(20)16)10-18-19-15(17)21/h4-5,7-8,10H,2-3,6,9H2,1H3,(H3,17,19,21). The van der Waals surface area contributed by atoms with Crippen molar-refractivity contribution in [2.24, 2.45) is 10.8 Å². The lowest BCUT2D eigenvalue weighted by Gasteiger charge is -2.06. The number of halogens is 1. The van der Waals surface area contributed by atoms with Crippen molar-refractivity contribution >= 4 is 46.0 Å². The van der Waals surface area contributed by atoms with E-state index in [2.05, 4.69) is 28.1 Å². The van der Waals surface area contributed by atoms with E-state index in [0.717, 1.165) is 29.4 Å². The molecule has 6 heteroatoms. The molecule has 1 aromatic heterocycles. The van der Waals surface area contributed by atoms with Crippen LogP contribution in [0.3, 0.4) is 0 Å². The number of hydrazone groups is 1. The van der Waals surface area contributed by atoms with Gasteiger partial charge in [0.25, 0.3) is 0 Å². The normalized spacial score (nSPS) is 11.3. The maximum absolute atomic E-state index is 6.53. The van der Waals surface area contributed by atoms with Crippen LogP contribution in [0.15, 0.2) is 29.4 Å². The van der Waals surface area contributed by atoms with E-state index in [1.54, 1.807) is 6.21 Å². The Bertz CT molecular complexity index is 663. The molecule has 0 spiro atoms. The highest BCUT2D eigenvalue weighted by molar-refractivity contribution is 7.80. The topological polar surface area (TPSA) is 55.3 Å². The van der Waals surface area contributed by atoms with Crippen LogP contribution in [0, 0.1) is 0 Å². The molecule has 0 atom stereocenters. The predicted octanol–water partition coefficient (Wildman–Crippen LogP) is 3.65. The Kier molecular flexibility index (Phi) is 5.59. The summed E-state index contributed by atoms with van der Waals surface area (Å²) >= 11 is 11.3. The molecule has 0 amide bonds. The number of aromatic nitrogens is 1. The van der Waals surface area contributed by atoms with Gasteiger partial charge in [-0.05, 0) is 24.7 Å². The predicted molar refractivity (Wildman–Crippen MR) is 94.0 cm³/mol. The van der Waals surface area contributed by atoms with Crippen molar-refractivity contribution in [2.45, 2.75) is 32.7 Å². The zero-order chi connectivity index (χ0) is 15.2. The van der Waals surface area contributed by atoms with E-state index >= 15 is 0 Å². The quantitative estimate of drug-likeness (QED) is 0.369. The van der Waals surface area contributed by atoms with Crippen LogP contribution in [0.25, 0.3) is 10.9 Å². The molecule has 4 nitrogen and oxygen atoms in total. The molecule has 21 heavy (non-hydrogen) atoms. The molecular weight excluding hydrogens is 304 g/mol. The van der Waals surface area contributed by atoms with Crippen molar-refractivity contribution in [1.82, 2.24) is 9.99 Å². The highest BCUT2D eigenvalue weighted by atomic mass is 35.5. The van der Waals surface area contributed by atoms with Crippen molar-refractivity contribution in [3.05, 3.63) is 35.0 Å². The van der Waals surface area contributed by atoms with E-state index in [9.17, 15) is 0 Å². The van der Waals surface area contributed by atoms with E-state index < -0.39 is 0 Å². The zero-order valence-electron chi connectivity index (χ0n) is 12.0. The van der Waals surface area contributed by atoms with Gasteiger partial charge in [-0.2, -0.15) is 5.10 Å². The Morgan fingerprint density at radius 2 is 2.19 bits per heavy atom. The van der Waals surface area contributed by atoms with Gasteiger partial charge >= 0.3 is 0 Å². The smallest absolute Gasteiger partial charge is 0.184 e. The SMILES string of the molecule is CCCCCn1c(Cl)c(C=NNC(N)=S)c2ccccc21. The van der Waals surface area contributed by atoms with Crippen molar-refractivity contribution in [2.75, 3.05) is 0 Å². The Balaban J connectivity index is 2.38. The highest BCUT2D eigenvalue weighted by Gasteiger charge is 2.13. The summed E-state index contributed by atoms with van der Waals surface area (Å²) < 4.78 is 2.13. The fourth-order valence-corrected chi connectivity index (χ4v) is 2.70. The molecule has 0 aliphatic heterocycles. The molecular formula is C15H19ClN4S. The van der Waals surface area contributed by atoms with Gasteiger partial charge in [0.2, 0.25) is 0 Å². The lowest BCUT2D eigenvalue weighted by molar-refractivity contribution is 0.617. The van der Waals surface area contributed by atoms with E-state index in [-0.39, 0.29) is 5.11 Å². The second kappa shape index (κ2) is 7.43. The average molecular weight is 323 g/mol. The van der Waals surface area contributed by atoms with Crippen molar-refractivity contribution < 1.29 is 0 Å². The first-order chi connectivity index (χ1) is 10.1. The van der Waals surface area contributed by atoms with Crippen molar-refractivity contribution in [1.29, 1.82) is 0 Å². The number of benzene rings is 1. The Labute approximate surface area is 135 Å². The summed E-state index contributed by atoms with van der Waals surface area (Å²) in [7, 11) is 0. The number of thiocarbonyl (C=S) groups is 1. The number of aryl methyl sites for hydroxylation is 1. The molecule has 2 aromatic rings. The van der Waals surface area contributed by atoms with Crippen molar-refractivity contribution in [3.63, 3.8) is 0 Å². The first kappa shape index (κ1) is 15.8. The van der Waals surface area contributed by atoms with Gasteiger partial charge in [0, 0.05) is 23.0 Å². The van der Waals surface area contributed by atoms with Gasteiger partial charge in [0.1, 0.15) is 5.15 Å². The second-order valence-corrected chi connectivity index (χ2v) is 5.61. The third-order valence-electron chi connectivity index (χ3n) is 3.30. The number of nitrogens with one attached hydrogen (secondary N) is 1. The van der Waals surface area contributed by atoms with E-state index in [0.29, 0.717) is 5.15 Å². The summed E-state index contributed by atoms with van der Waals surface area (Å²) in [6.45, 7) is 3.10. The first-order valence-corrected chi connectivity index (χ1v) is 7.79.